The fourth-order valence-electron chi connectivity index (χ4n) is 2.50. The zero-order valence-electron chi connectivity index (χ0n) is 14.2. The van der Waals surface area contributed by atoms with Gasteiger partial charge in [0.25, 0.3) is 5.89 Å². The van der Waals surface area contributed by atoms with Crippen LogP contribution in [0.3, 0.4) is 0 Å². The van der Waals surface area contributed by atoms with Crippen LogP contribution in [0.2, 0.25) is 0 Å². The number of aromatic nitrogens is 2. The molecule has 25 heavy (non-hydrogen) atoms. The van der Waals surface area contributed by atoms with Gasteiger partial charge in [-0.2, -0.15) is 4.31 Å². The van der Waals surface area contributed by atoms with Gasteiger partial charge in [0, 0.05) is 16.3 Å². The van der Waals surface area contributed by atoms with Gasteiger partial charge in [0.15, 0.2) is 0 Å². The first-order chi connectivity index (χ1) is 11.9. The van der Waals surface area contributed by atoms with Gasteiger partial charge in [-0.3, -0.25) is 0 Å². The van der Waals surface area contributed by atoms with E-state index in [2.05, 4.69) is 10.2 Å². The van der Waals surface area contributed by atoms with Gasteiger partial charge in [0.05, 0.1) is 16.3 Å². The van der Waals surface area contributed by atoms with Gasteiger partial charge in [-0.05, 0) is 37.8 Å². The zero-order valence-corrected chi connectivity index (χ0v) is 16.7. The predicted molar refractivity (Wildman–Crippen MR) is 99.3 cm³/mol. The van der Waals surface area contributed by atoms with E-state index in [0.717, 1.165) is 14.6 Å². The molecule has 0 amide bonds. The molecule has 3 rings (SSSR count). The van der Waals surface area contributed by atoms with E-state index in [0.29, 0.717) is 29.6 Å². The fraction of sp³-hybridized carbons (Fsp3) is 0.375. The second-order valence-corrected chi connectivity index (χ2v) is 9.91. The molecule has 134 valence electrons. The van der Waals surface area contributed by atoms with Crippen LogP contribution in [0.1, 0.15) is 29.0 Å². The molecule has 0 radical (unpaired) electrons. The summed E-state index contributed by atoms with van der Waals surface area (Å²) in [5.74, 6) is 0.714. The molecule has 0 saturated heterocycles. The van der Waals surface area contributed by atoms with Crippen molar-refractivity contribution in [3.05, 3.63) is 39.2 Å². The van der Waals surface area contributed by atoms with Gasteiger partial charge in [0.1, 0.15) is 0 Å². The molecular weight excluding hydrogens is 378 g/mol. The normalized spacial score (nSPS) is 12.2. The number of hydrogen-bond donors (Lipinski definition) is 0. The lowest BCUT2D eigenvalue weighted by molar-refractivity contribution is 0.357. The summed E-state index contributed by atoms with van der Waals surface area (Å²) in [5, 5.41) is 9.96. The van der Waals surface area contributed by atoms with Crippen LogP contribution in [0.4, 0.5) is 0 Å². The van der Waals surface area contributed by atoms with Gasteiger partial charge < -0.3 is 4.42 Å². The molecular formula is C16H19N3O3S3. The molecule has 6 nitrogen and oxygen atoms in total. The number of rotatable bonds is 7. The van der Waals surface area contributed by atoms with E-state index < -0.39 is 10.0 Å². The molecule has 3 aromatic rings. The van der Waals surface area contributed by atoms with E-state index >= 15 is 0 Å². The molecule has 0 aliphatic heterocycles. The lowest BCUT2D eigenvalue weighted by atomic mass is 10.4. The molecule has 0 aliphatic carbocycles. The predicted octanol–water partition coefficient (Wildman–Crippen LogP) is 4.08. The smallest absolute Gasteiger partial charge is 0.257 e. The number of aryl methyl sites for hydroxylation is 2. The molecule has 3 heterocycles. The van der Waals surface area contributed by atoms with E-state index in [4.69, 9.17) is 4.42 Å². The van der Waals surface area contributed by atoms with Crippen molar-refractivity contribution < 1.29 is 12.8 Å². The highest BCUT2D eigenvalue weighted by atomic mass is 32.2. The van der Waals surface area contributed by atoms with E-state index in [1.165, 1.54) is 27.0 Å². The SMILES string of the molecule is CCCN(Cc1nnc(-c2cccs2)o1)S(=O)(=O)c1cc(C)sc1C. The maximum absolute atomic E-state index is 13.0. The van der Waals surface area contributed by atoms with E-state index in [9.17, 15) is 8.42 Å². The summed E-state index contributed by atoms with van der Waals surface area (Å²) in [6.07, 6.45) is 0.702. The first kappa shape index (κ1) is 18.2. The van der Waals surface area contributed by atoms with Gasteiger partial charge in [-0.15, -0.1) is 32.9 Å². The summed E-state index contributed by atoms with van der Waals surface area (Å²) in [4.78, 5) is 3.00. The van der Waals surface area contributed by atoms with Crippen LogP contribution >= 0.6 is 22.7 Å². The minimum atomic E-state index is -3.60. The molecule has 0 unspecified atom stereocenters. The third-order valence-corrected chi connectivity index (χ3v) is 7.52. The van der Waals surface area contributed by atoms with E-state index in [1.54, 1.807) is 6.07 Å². The molecule has 0 bridgehead atoms. The Hall–Kier alpha value is -1.55. The summed E-state index contributed by atoms with van der Waals surface area (Å²) in [6.45, 7) is 6.15. The van der Waals surface area contributed by atoms with Crippen LogP contribution in [0.15, 0.2) is 32.9 Å². The third-order valence-electron chi connectivity index (χ3n) is 3.60. The minimum absolute atomic E-state index is 0.0723. The van der Waals surface area contributed by atoms with Crippen molar-refractivity contribution in [1.29, 1.82) is 0 Å². The monoisotopic (exact) mass is 397 g/mol. The maximum atomic E-state index is 13.0. The van der Waals surface area contributed by atoms with Crippen molar-refractivity contribution in [1.82, 2.24) is 14.5 Å². The second kappa shape index (κ2) is 7.36. The van der Waals surface area contributed by atoms with Gasteiger partial charge in [-0.25, -0.2) is 8.42 Å². The first-order valence-electron chi connectivity index (χ1n) is 7.85. The van der Waals surface area contributed by atoms with Crippen LogP contribution in [0.5, 0.6) is 0 Å². The van der Waals surface area contributed by atoms with Crippen LogP contribution in [-0.4, -0.2) is 29.5 Å². The van der Waals surface area contributed by atoms with Crippen LogP contribution in [0.25, 0.3) is 10.8 Å². The Morgan fingerprint density at radius 2 is 2.08 bits per heavy atom. The maximum Gasteiger partial charge on any atom is 0.257 e. The van der Waals surface area contributed by atoms with E-state index in [-0.39, 0.29) is 6.54 Å². The molecule has 0 aliphatic rings. The number of nitrogens with zero attached hydrogens (tertiary/aromatic N) is 3. The summed E-state index contributed by atoms with van der Waals surface area (Å²) < 4.78 is 33.1. The third kappa shape index (κ3) is 3.84. The van der Waals surface area contributed by atoms with Gasteiger partial charge >= 0.3 is 0 Å². The Morgan fingerprint density at radius 3 is 2.68 bits per heavy atom. The number of thiophene rings is 2. The molecule has 0 aromatic carbocycles. The van der Waals surface area contributed by atoms with Crippen molar-refractivity contribution >= 4 is 32.7 Å². The molecule has 0 atom stereocenters. The summed E-state index contributed by atoms with van der Waals surface area (Å²) in [5.41, 5.74) is 0. The Kier molecular flexibility index (Phi) is 5.38. The topological polar surface area (TPSA) is 76.3 Å². The van der Waals surface area contributed by atoms with Crippen molar-refractivity contribution in [2.24, 2.45) is 0 Å². The van der Waals surface area contributed by atoms with Crippen LogP contribution in [0, 0.1) is 13.8 Å². The molecule has 0 fully saturated rings. The van der Waals surface area contributed by atoms with Crippen molar-refractivity contribution in [3.8, 4) is 10.8 Å². The lowest BCUT2D eigenvalue weighted by Crippen LogP contribution is -2.31. The quantitative estimate of drug-likeness (QED) is 0.600. The number of sulfonamides is 1. The highest BCUT2D eigenvalue weighted by Gasteiger charge is 2.28. The standard InChI is InChI=1S/C16H19N3O3S3/c1-4-7-19(25(20,21)14-9-11(2)24-12(14)3)10-15-17-18-16(22-15)13-6-5-8-23-13/h5-6,8-9H,4,7,10H2,1-3H3. The molecule has 0 spiro atoms. The molecule has 9 heteroatoms. The minimum Gasteiger partial charge on any atom is -0.418 e. The first-order valence-corrected chi connectivity index (χ1v) is 11.0. The summed E-state index contributed by atoms with van der Waals surface area (Å²) in [6, 6.07) is 5.52. The van der Waals surface area contributed by atoms with Gasteiger partial charge in [-0.1, -0.05) is 13.0 Å². The van der Waals surface area contributed by atoms with Crippen molar-refractivity contribution in [2.75, 3.05) is 6.54 Å². The molecule has 3 aromatic heterocycles. The molecule has 0 saturated carbocycles. The average Bonchev–Trinajstić information content (AvgIpc) is 3.27. The Balaban J connectivity index is 1.88. The Labute approximate surface area is 155 Å². The molecule has 0 N–H and O–H groups in total. The second-order valence-electron chi connectivity index (χ2n) is 5.59. The lowest BCUT2D eigenvalue weighted by Gasteiger charge is -2.19. The van der Waals surface area contributed by atoms with Crippen LogP contribution < -0.4 is 0 Å². The van der Waals surface area contributed by atoms with Crippen LogP contribution in [-0.2, 0) is 16.6 Å². The number of hydrogen-bond acceptors (Lipinski definition) is 7. The Morgan fingerprint density at radius 1 is 1.28 bits per heavy atom. The van der Waals surface area contributed by atoms with E-state index in [1.807, 2.05) is 38.3 Å². The van der Waals surface area contributed by atoms with Crippen molar-refractivity contribution in [2.45, 2.75) is 38.6 Å². The summed E-state index contributed by atoms with van der Waals surface area (Å²) >= 11 is 2.98. The van der Waals surface area contributed by atoms with Gasteiger partial charge in [0.2, 0.25) is 15.9 Å². The average molecular weight is 398 g/mol. The largest absolute Gasteiger partial charge is 0.418 e. The summed E-state index contributed by atoms with van der Waals surface area (Å²) in [7, 11) is -3.60. The Bertz CT molecular complexity index is 943. The zero-order chi connectivity index (χ0) is 18.0. The fourth-order valence-corrected chi connectivity index (χ4v) is 6.15. The van der Waals surface area contributed by atoms with Crippen molar-refractivity contribution in [3.63, 3.8) is 0 Å². The highest BCUT2D eigenvalue weighted by molar-refractivity contribution is 7.89. The highest BCUT2D eigenvalue weighted by Crippen LogP contribution is 2.29.